The number of hydrogen-bond donors (Lipinski definition) is 1. The second-order valence-corrected chi connectivity index (χ2v) is 7.11. The van der Waals surface area contributed by atoms with E-state index in [0.717, 1.165) is 6.42 Å². The van der Waals surface area contributed by atoms with Crippen molar-refractivity contribution in [3.05, 3.63) is 43.4 Å². The molecule has 0 saturated carbocycles. The minimum absolute atomic E-state index is 0.0661. The van der Waals surface area contributed by atoms with Crippen molar-refractivity contribution in [1.82, 2.24) is 0 Å². The predicted octanol–water partition coefficient (Wildman–Crippen LogP) is 3.84. The van der Waals surface area contributed by atoms with Crippen molar-refractivity contribution in [3.8, 4) is 0 Å². The summed E-state index contributed by atoms with van der Waals surface area (Å²) in [4.78, 5) is 14.6. The van der Waals surface area contributed by atoms with Gasteiger partial charge < -0.3 is 10.0 Å². The minimum Gasteiger partial charge on any atom is -0.388 e. The number of anilines is 1. The molecule has 0 radical (unpaired) electrons. The van der Waals surface area contributed by atoms with Crippen molar-refractivity contribution in [3.63, 3.8) is 0 Å². The highest BCUT2D eigenvalue weighted by Crippen LogP contribution is 2.40. The molecule has 5 nitrogen and oxygen atoms in total. The number of thiophene rings is 2. The van der Waals surface area contributed by atoms with Crippen LogP contribution in [0.25, 0.3) is 0 Å². The molecule has 0 spiro atoms. The highest BCUT2D eigenvalue weighted by molar-refractivity contribution is 7.16. The average Bonchev–Trinajstić information content (AvgIpc) is 3.06. The highest BCUT2D eigenvalue weighted by Gasteiger charge is 2.26. The zero-order valence-electron chi connectivity index (χ0n) is 12.1. The first kappa shape index (κ1) is 15.9. The van der Waals surface area contributed by atoms with E-state index in [-0.39, 0.29) is 16.7 Å². The van der Waals surface area contributed by atoms with Crippen LogP contribution in [0, 0.1) is 10.1 Å². The lowest BCUT2D eigenvalue weighted by atomic mass is 10.2. The van der Waals surface area contributed by atoms with Crippen LogP contribution in [-0.2, 0) is 6.42 Å². The Morgan fingerprint density at radius 2 is 2.19 bits per heavy atom. The first-order valence-corrected chi connectivity index (χ1v) is 8.31. The smallest absolute Gasteiger partial charge is 0.304 e. The third-order valence-electron chi connectivity index (χ3n) is 3.38. The largest absolute Gasteiger partial charge is 0.388 e. The van der Waals surface area contributed by atoms with E-state index in [1.54, 1.807) is 18.3 Å². The molecule has 0 aliphatic rings. The van der Waals surface area contributed by atoms with Gasteiger partial charge in [0.05, 0.1) is 11.0 Å². The summed E-state index contributed by atoms with van der Waals surface area (Å²) in [5, 5.41) is 23.5. The first-order chi connectivity index (χ1) is 9.90. The summed E-state index contributed by atoms with van der Waals surface area (Å²) in [7, 11) is 1.86. The molecule has 0 aliphatic heterocycles. The SMILES string of the molecule is CC(Cc1cccs1)N(C)c1sc([C@@H](C)O)cc1[N+](=O)[O-]. The molecular formula is C14H18N2O3S2. The third-order valence-corrected chi connectivity index (χ3v) is 5.66. The van der Waals surface area contributed by atoms with Crippen molar-refractivity contribution in [2.45, 2.75) is 32.4 Å². The van der Waals surface area contributed by atoms with E-state index < -0.39 is 6.10 Å². The minimum atomic E-state index is -0.691. The molecule has 0 aromatic carbocycles. The van der Waals surface area contributed by atoms with Gasteiger partial charge in [0.15, 0.2) is 5.00 Å². The Bertz CT molecular complexity index is 608. The van der Waals surface area contributed by atoms with Crippen LogP contribution in [0.3, 0.4) is 0 Å². The molecule has 2 aromatic heterocycles. The molecule has 0 fully saturated rings. The van der Waals surface area contributed by atoms with Crippen molar-refractivity contribution < 1.29 is 10.0 Å². The number of hydrogen-bond acceptors (Lipinski definition) is 6. The fourth-order valence-corrected chi connectivity index (χ4v) is 3.99. The van der Waals surface area contributed by atoms with Crippen LogP contribution in [0.5, 0.6) is 0 Å². The van der Waals surface area contributed by atoms with Crippen LogP contribution in [0.1, 0.15) is 29.7 Å². The normalized spacial score (nSPS) is 13.9. The van der Waals surface area contributed by atoms with Gasteiger partial charge in [-0.05, 0) is 25.3 Å². The van der Waals surface area contributed by atoms with E-state index in [1.807, 2.05) is 30.3 Å². The fraction of sp³-hybridized carbons (Fsp3) is 0.429. The zero-order valence-corrected chi connectivity index (χ0v) is 13.8. The first-order valence-electron chi connectivity index (χ1n) is 6.61. The van der Waals surface area contributed by atoms with E-state index in [9.17, 15) is 15.2 Å². The maximum Gasteiger partial charge on any atom is 0.304 e. The van der Waals surface area contributed by atoms with Gasteiger partial charge in [-0.2, -0.15) is 0 Å². The standard InChI is InChI=1S/C14H18N2O3S2/c1-9(7-11-5-4-6-20-11)15(3)14-12(16(18)19)8-13(21-14)10(2)17/h4-6,8-10,17H,7H2,1-3H3/t9?,10-/m1/s1. The van der Waals surface area contributed by atoms with Gasteiger partial charge in [-0.15, -0.1) is 22.7 Å². The molecule has 7 heteroatoms. The molecule has 1 unspecified atom stereocenters. The van der Waals surface area contributed by atoms with E-state index in [2.05, 4.69) is 6.07 Å². The second kappa shape index (κ2) is 6.55. The van der Waals surface area contributed by atoms with Crippen molar-refractivity contribution in [2.75, 3.05) is 11.9 Å². The molecule has 0 bridgehead atoms. The van der Waals surface area contributed by atoms with Gasteiger partial charge in [0.25, 0.3) is 0 Å². The van der Waals surface area contributed by atoms with Gasteiger partial charge in [-0.3, -0.25) is 10.1 Å². The molecule has 2 rings (SSSR count). The van der Waals surface area contributed by atoms with Gasteiger partial charge in [0, 0.05) is 35.3 Å². The molecule has 1 N–H and O–H groups in total. The Hall–Kier alpha value is -1.44. The Morgan fingerprint density at radius 1 is 1.48 bits per heavy atom. The van der Waals surface area contributed by atoms with Gasteiger partial charge in [0.2, 0.25) is 0 Å². The Kier molecular flexibility index (Phi) is 4.97. The summed E-state index contributed by atoms with van der Waals surface area (Å²) in [6.07, 6.45) is 0.149. The molecule has 0 aliphatic carbocycles. The topological polar surface area (TPSA) is 66.6 Å². The number of nitrogens with zero attached hydrogens (tertiary/aromatic N) is 2. The van der Waals surface area contributed by atoms with Gasteiger partial charge >= 0.3 is 5.69 Å². The lowest BCUT2D eigenvalue weighted by Gasteiger charge is -2.24. The Labute approximate surface area is 131 Å². The van der Waals surface area contributed by atoms with E-state index in [1.165, 1.54) is 22.3 Å². The molecule has 2 heterocycles. The van der Waals surface area contributed by atoms with Gasteiger partial charge in [0.1, 0.15) is 0 Å². The summed E-state index contributed by atoms with van der Waals surface area (Å²) < 4.78 is 0. The maximum atomic E-state index is 11.2. The summed E-state index contributed by atoms with van der Waals surface area (Å²) in [6.45, 7) is 3.67. The van der Waals surface area contributed by atoms with Crippen LogP contribution >= 0.6 is 22.7 Å². The van der Waals surface area contributed by atoms with Crippen LogP contribution in [-0.4, -0.2) is 23.1 Å². The molecule has 0 amide bonds. The number of rotatable bonds is 6. The van der Waals surface area contributed by atoms with Crippen LogP contribution in [0.2, 0.25) is 0 Å². The number of nitro groups is 1. The molecule has 2 aromatic rings. The van der Waals surface area contributed by atoms with Gasteiger partial charge in [-0.1, -0.05) is 6.07 Å². The monoisotopic (exact) mass is 326 g/mol. The quantitative estimate of drug-likeness (QED) is 0.647. The molecule has 21 heavy (non-hydrogen) atoms. The number of aliphatic hydroxyl groups is 1. The third kappa shape index (κ3) is 3.61. The molecule has 114 valence electrons. The van der Waals surface area contributed by atoms with Crippen LogP contribution in [0.4, 0.5) is 10.7 Å². The van der Waals surface area contributed by atoms with Crippen LogP contribution < -0.4 is 4.90 Å². The highest BCUT2D eigenvalue weighted by atomic mass is 32.1. The summed E-state index contributed by atoms with van der Waals surface area (Å²) >= 11 is 2.97. The lowest BCUT2D eigenvalue weighted by molar-refractivity contribution is -0.383. The van der Waals surface area contributed by atoms with E-state index in [0.29, 0.717) is 9.88 Å². The zero-order chi connectivity index (χ0) is 15.6. The van der Waals surface area contributed by atoms with Crippen molar-refractivity contribution in [2.24, 2.45) is 0 Å². The van der Waals surface area contributed by atoms with E-state index in [4.69, 9.17) is 0 Å². The molecule has 2 atom stereocenters. The summed E-state index contributed by atoms with van der Waals surface area (Å²) in [5.74, 6) is 0. The summed E-state index contributed by atoms with van der Waals surface area (Å²) in [5.41, 5.74) is 0.0661. The maximum absolute atomic E-state index is 11.2. The Morgan fingerprint density at radius 3 is 2.71 bits per heavy atom. The van der Waals surface area contributed by atoms with Crippen molar-refractivity contribution >= 4 is 33.4 Å². The summed E-state index contributed by atoms with van der Waals surface area (Å²) in [6, 6.07) is 5.69. The van der Waals surface area contributed by atoms with Crippen LogP contribution in [0.15, 0.2) is 23.6 Å². The lowest BCUT2D eigenvalue weighted by Crippen LogP contribution is -2.30. The molecule has 0 saturated heterocycles. The number of aliphatic hydroxyl groups excluding tert-OH is 1. The molecular weight excluding hydrogens is 308 g/mol. The fourth-order valence-electron chi connectivity index (χ4n) is 2.04. The van der Waals surface area contributed by atoms with Gasteiger partial charge in [-0.25, -0.2) is 0 Å². The Balaban J connectivity index is 2.24. The average molecular weight is 326 g/mol. The van der Waals surface area contributed by atoms with Crippen molar-refractivity contribution in [1.29, 1.82) is 0 Å². The van der Waals surface area contributed by atoms with E-state index >= 15 is 0 Å². The number of likely N-dealkylation sites (N-methyl/N-ethyl adjacent to an activating group) is 1. The predicted molar refractivity (Wildman–Crippen MR) is 87.5 cm³/mol. The second-order valence-electron chi connectivity index (χ2n) is 5.02.